The zero-order valence-electron chi connectivity index (χ0n) is 14.2. The number of methoxy groups -OCH3 is 1. The van der Waals surface area contributed by atoms with Crippen molar-refractivity contribution in [2.75, 3.05) is 19.0 Å². The number of amides is 1. The molecule has 0 radical (unpaired) electrons. The highest BCUT2D eigenvalue weighted by atomic mass is 16.5. The maximum absolute atomic E-state index is 12.8. The Morgan fingerprint density at radius 3 is 2.46 bits per heavy atom. The summed E-state index contributed by atoms with van der Waals surface area (Å²) in [5.41, 5.74) is 1.28. The lowest BCUT2D eigenvalue weighted by molar-refractivity contribution is -0.118. The largest absolute Gasteiger partial charge is 0.496 e. The summed E-state index contributed by atoms with van der Waals surface area (Å²) in [6.45, 7) is 2.77. The molecular weight excluding hydrogens is 302 g/mol. The molecule has 0 unspecified atom stereocenters. The van der Waals surface area contributed by atoms with Gasteiger partial charge in [-0.1, -0.05) is 25.1 Å². The van der Waals surface area contributed by atoms with Gasteiger partial charge in [0.05, 0.1) is 19.1 Å². The summed E-state index contributed by atoms with van der Waals surface area (Å²) >= 11 is 0. The van der Waals surface area contributed by atoms with Gasteiger partial charge in [-0.25, -0.2) is 0 Å². The Labute approximate surface area is 142 Å². The summed E-state index contributed by atoms with van der Waals surface area (Å²) in [7, 11) is 1.64. The van der Waals surface area contributed by atoms with Gasteiger partial charge in [0.25, 0.3) is 0 Å². The first-order valence-corrected chi connectivity index (χ1v) is 8.37. The Morgan fingerprint density at radius 2 is 1.83 bits per heavy atom. The van der Waals surface area contributed by atoms with Crippen LogP contribution in [0.3, 0.4) is 0 Å². The number of para-hydroxylation sites is 1. The van der Waals surface area contributed by atoms with E-state index < -0.39 is 5.41 Å². The quantitative estimate of drug-likeness (QED) is 0.832. The second-order valence-corrected chi connectivity index (χ2v) is 6.11. The Hall–Kier alpha value is -2.49. The maximum atomic E-state index is 12.8. The third-order valence-corrected chi connectivity index (χ3v) is 4.39. The number of nitrogens with one attached hydrogen (secondary N) is 1. The first kappa shape index (κ1) is 16.4. The molecule has 0 bridgehead atoms. The van der Waals surface area contributed by atoms with Crippen molar-refractivity contribution in [1.29, 1.82) is 0 Å². The predicted molar refractivity (Wildman–Crippen MR) is 94.8 cm³/mol. The van der Waals surface area contributed by atoms with Crippen LogP contribution in [0.15, 0.2) is 48.5 Å². The number of benzene rings is 2. The second-order valence-electron chi connectivity index (χ2n) is 6.11. The Balaban J connectivity index is 1.72. The minimum atomic E-state index is -0.468. The highest BCUT2D eigenvalue weighted by Gasteiger charge is 2.52. The Bertz CT molecular complexity index is 705. The van der Waals surface area contributed by atoms with Crippen molar-refractivity contribution in [3.8, 4) is 11.5 Å². The van der Waals surface area contributed by atoms with Crippen molar-refractivity contribution in [3.63, 3.8) is 0 Å². The van der Waals surface area contributed by atoms with Crippen LogP contribution in [0.2, 0.25) is 0 Å². The molecular formula is C20H23NO3. The van der Waals surface area contributed by atoms with Gasteiger partial charge in [0, 0.05) is 11.3 Å². The number of carbonyl (C=O) groups is 1. The molecule has 0 saturated heterocycles. The lowest BCUT2D eigenvalue weighted by Crippen LogP contribution is -2.28. The van der Waals surface area contributed by atoms with E-state index in [2.05, 4.69) is 12.2 Å². The minimum Gasteiger partial charge on any atom is -0.496 e. The highest BCUT2D eigenvalue weighted by molar-refractivity contribution is 6.01. The molecule has 0 atom stereocenters. The summed E-state index contributed by atoms with van der Waals surface area (Å²) in [4.78, 5) is 12.8. The zero-order chi connectivity index (χ0) is 17.0. The SMILES string of the molecule is CCCOc1ccc(NC(=O)C2(c3ccccc3OC)CC2)cc1. The molecule has 3 rings (SSSR count). The fourth-order valence-electron chi connectivity index (χ4n) is 2.89. The fraction of sp³-hybridized carbons (Fsp3) is 0.350. The van der Waals surface area contributed by atoms with Gasteiger partial charge in [0.2, 0.25) is 5.91 Å². The van der Waals surface area contributed by atoms with Gasteiger partial charge in [-0.2, -0.15) is 0 Å². The standard InChI is InChI=1S/C20H23NO3/c1-3-14-24-16-10-8-15(9-11-16)21-19(22)20(12-13-20)17-6-4-5-7-18(17)23-2/h4-11H,3,12-14H2,1-2H3,(H,21,22). The maximum Gasteiger partial charge on any atom is 0.235 e. The summed E-state index contributed by atoms with van der Waals surface area (Å²) in [6, 6.07) is 15.3. The topological polar surface area (TPSA) is 47.6 Å². The molecule has 4 heteroatoms. The molecule has 1 N–H and O–H groups in total. The summed E-state index contributed by atoms with van der Waals surface area (Å²) < 4.78 is 11.0. The number of anilines is 1. The van der Waals surface area contributed by atoms with Crippen LogP contribution in [-0.2, 0) is 10.2 Å². The molecule has 126 valence electrons. The average Bonchev–Trinajstić information content (AvgIpc) is 3.43. The molecule has 0 aromatic heterocycles. The predicted octanol–water partition coefficient (Wildman–Crippen LogP) is 4.15. The van der Waals surface area contributed by atoms with Crippen LogP contribution >= 0.6 is 0 Å². The molecule has 0 spiro atoms. The van der Waals surface area contributed by atoms with E-state index in [1.54, 1.807) is 7.11 Å². The van der Waals surface area contributed by atoms with Crippen LogP contribution < -0.4 is 14.8 Å². The lowest BCUT2D eigenvalue weighted by atomic mass is 9.94. The van der Waals surface area contributed by atoms with Gasteiger partial charge in [0.1, 0.15) is 11.5 Å². The van der Waals surface area contributed by atoms with Gasteiger partial charge < -0.3 is 14.8 Å². The molecule has 2 aromatic rings. The van der Waals surface area contributed by atoms with Crippen molar-refractivity contribution < 1.29 is 14.3 Å². The van der Waals surface area contributed by atoms with E-state index in [1.165, 1.54) is 0 Å². The van der Waals surface area contributed by atoms with Crippen molar-refractivity contribution in [2.24, 2.45) is 0 Å². The van der Waals surface area contributed by atoms with Crippen LogP contribution in [0.4, 0.5) is 5.69 Å². The molecule has 4 nitrogen and oxygen atoms in total. The van der Waals surface area contributed by atoms with Crippen LogP contribution in [0.1, 0.15) is 31.7 Å². The summed E-state index contributed by atoms with van der Waals surface area (Å²) in [6.07, 6.45) is 2.66. The first-order valence-electron chi connectivity index (χ1n) is 8.37. The van der Waals surface area contributed by atoms with Gasteiger partial charge in [-0.3, -0.25) is 4.79 Å². The van der Waals surface area contributed by atoms with E-state index in [1.807, 2.05) is 48.5 Å². The third kappa shape index (κ3) is 3.23. The van der Waals surface area contributed by atoms with Crippen LogP contribution in [0.25, 0.3) is 0 Å². The van der Waals surface area contributed by atoms with E-state index in [-0.39, 0.29) is 5.91 Å². The van der Waals surface area contributed by atoms with Crippen molar-refractivity contribution in [3.05, 3.63) is 54.1 Å². The number of carbonyl (C=O) groups excluding carboxylic acids is 1. The molecule has 1 amide bonds. The van der Waals surface area contributed by atoms with Gasteiger partial charge in [0.15, 0.2) is 0 Å². The van der Waals surface area contributed by atoms with Crippen molar-refractivity contribution in [1.82, 2.24) is 0 Å². The van der Waals surface area contributed by atoms with Crippen LogP contribution in [-0.4, -0.2) is 19.6 Å². The second kappa shape index (κ2) is 6.95. The number of hydrogen-bond acceptors (Lipinski definition) is 3. The van der Waals surface area contributed by atoms with Gasteiger partial charge >= 0.3 is 0 Å². The van der Waals surface area contributed by atoms with Crippen LogP contribution in [0, 0.1) is 0 Å². The number of ether oxygens (including phenoxy) is 2. The highest BCUT2D eigenvalue weighted by Crippen LogP contribution is 2.51. The number of hydrogen-bond donors (Lipinski definition) is 1. The molecule has 1 aliphatic rings. The smallest absolute Gasteiger partial charge is 0.235 e. The van der Waals surface area contributed by atoms with E-state index in [0.717, 1.165) is 42.0 Å². The molecule has 1 saturated carbocycles. The monoisotopic (exact) mass is 325 g/mol. The zero-order valence-corrected chi connectivity index (χ0v) is 14.2. The lowest BCUT2D eigenvalue weighted by Gasteiger charge is -2.18. The molecule has 1 fully saturated rings. The summed E-state index contributed by atoms with van der Waals surface area (Å²) in [5.74, 6) is 1.61. The van der Waals surface area contributed by atoms with Crippen molar-refractivity contribution in [2.45, 2.75) is 31.6 Å². The Kier molecular flexibility index (Phi) is 4.74. The van der Waals surface area contributed by atoms with Gasteiger partial charge in [-0.05, 0) is 49.6 Å². The molecule has 0 aliphatic heterocycles. The molecule has 0 heterocycles. The first-order chi connectivity index (χ1) is 11.7. The molecule has 24 heavy (non-hydrogen) atoms. The average molecular weight is 325 g/mol. The molecule has 1 aliphatic carbocycles. The fourth-order valence-corrected chi connectivity index (χ4v) is 2.89. The minimum absolute atomic E-state index is 0.0224. The van der Waals surface area contributed by atoms with Gasteiger partial charge in [-0.15, -0.1) is 0 Å². The van der Waals surface area contributed by atoms with Crippen molar-refractivity contribution >= 4 is 11.6 Å². The van der Waals surface area contributed by atoms with E-state index in [0.29, 0.717) is 6.61 Å². The number of rotatable bonds is 7. The molecule has 2 aromatic carbocycles. The van der Waals surface area contributed by atoms with E-state index in [4.69, 9.17) is 9.47 Å². The Morgan fingerprint density at radius 1 is 1.12 bits per heavy atom. The normalized spacial score (nSPS) is 14.8. The summed E-state index contributed by atoms with van der Waals surface area (Å²) in [5, 5.41) is 3.03. The van der Waals surface area contributed by atoms with Crippen LogP contribution in [0.5, 0.6) is 11.5 Å². The van der Waals surface area contributed by atoms with E-state index >= 15 is 0 Å². The van der Waals surface area contributed by atoms with E-state index in [9.17, 15) is 4.79 Å². The third-order valence-electron chi connectivity index (χ3n) is 4.39.